The Morgan fingerprint density at radius 1 is 1.05 bits per heavy atom. The minimum Gasteiger partial charge on any atom is -0.352 e. The van der Waals surface area contributed by atoms with Gasteiger partial charge in [0.25, 0.3) is 0 Å². The Kier molecular flexibility index (Phi) is 7.11. The Balaban J connectivity index is 1.52. The summed E-state index contributed by atoms with van der Waals surface area (Å²) in [5.74, 6) is -0.0809. The zero-order valence-corrected chi connectivity index (χ0v) is 25.1. The minimum atomic E-state index is -4.77. The van der Waals surface area contributed by atoms with Crippen LogP contribution in [0.5, 0.6) is 0 Å². The molecular weight excluding hydrogens is 598 g/mol. The summed E-state index contributed by atoms with van der Waals surface area (Å²) in [6.07, 6.45) is -1.33. The number of anilines is 1. The highest BCUT2D eigenvalue weighted by Gasteiger charge is 2.40. The fourth-order valence-corrected chi connectivity index (χ4v) is 8.24. The van der Waals surface area contributed by atoms with Gasteiger partial charge in [-0.15, -0.1) is 11.8 Å². The third-order valence-electron chi connectivity index (χ3n) is 9.04. The van der Waals surface area contributed by atoms with E-state index in [1.807, 2.05) is 0 Å². The summed E-state index contributed by atoms with van der Waals surface area (Å²) >= 11 is 1.30. The molecule has 1 amide bonds. The smallest absolute Gasteiger partial charge is 0.352 e. The number of carbonyl (C=O) groups is 1. The van der Waals surface area contributed by atoms with Crippen molar-refractivity contribution < 1.29 is 22.4 Å². The summed E-state index contributed by atoms with van der Waals surface area (Å²) in [6, 6.07) is 3.36. The largest absolute Gasteiger partial charge is 0.417 e. The molecule has 3 aliphatic rings. The van der Waals surface area contributed by atoms with Gasteiger partial charge < -0.3 is 14.7 Å². The van der Waals surface area contributed by atoms with Gasteiger partial charge in [-0.3, -0.25) is 14.0 Å². The van der Waals surface area contributed by atoms with Gasteiger partial charge in [-0.2, -0.15) is 23.3 Å². The van der Waals surface area contributed by atoms with Gasteiger partial charge in [-0.05, 0) is 44.1 Å². The molecule has 0 saturated carbocycles. The zero-order chi connectivity index (χ0) is 30.9. The van der Waals surface area contributed by atoms with E-state index in [-0.39, 0.29) is 45.2 Å². The predicted molar refractivity (Wildman–Crippen MR) is 161 cm³/mol. The summed E-state index contributed by atoms with van der Waals surface area (Å²) in [5.41, 5.74) is -0.622. The van der Waals surface area contributed by atoms with E-state index in [1.165, 1.54) is 41.7 Å². The van der Waals surface area contributed by atoms with Crippen LogP contribution in [0.2, 0.25) is 0 Å². The lowest BCUT2D eigenvalue weighted by Gasteiger charge is -2.37. The van der Waals surface area contributed by atoms with Crippen LogP contribution in [0.15, 0.2) is 34.1 Å². The number of carbonyl (C=O) groups excluding carboxylic acids is 1. The summed E-state index contributed by atoms with van der Waals surface area (Å²) in [7, 11) is 1.57. The highest BCUT2D eigenvalue weighted by Crippen LogP contribution is 2.51. The van der Waals surface area contributed by atoms with Gasteiger partial charge in [0.05, 0.1) is 34.2 Å². The van der Waals surface area contributed by atoms with Crippen molar-refractivity contribution in [2.75, 3.05) is 56.5 Å². The number of rotatable bonds is 4. The zero-order valence-electron chi connectivity index (χ0n) is 24.3. The first-order valence-corrected chi connectivity index (χ1v) is 15.7. The Morgan fingerprint density at radius 2 is 1.77 bits per heavy atom. The average molecular weight is 630 g/mol. The van der Waals surface area contributed by atoms with Crippen LogP contribution in [0, 0.1) is 5.82 Å². The molecular formula is C30H31F4N7O2S. The molecule has 44 heavy (non-hydrogen) atoms. The highest BCUT2D eigenvalue weighted by atomic mass is 32.2. The molecule has 232 valence electrons. The molecule has 3 aliphatic heterocycles. The Bertz CT molecular complexity index is 1860. The van der Waals surface area contributed by atoms with Crippen molar-refractivity contribution in [1.82, 2.24) is 29.1 Å². The van der Waals surface area contributed by atoms with Crippen LogP contribution in [0.3, 0.4) is 0 Å². The van der Waals surface area contributed by atoms with Crippen molar-refractivity contribution in [1.29, 1.82) is 0 Å². The summed E-state index contributed by atoms with van der Waals surface area (Å²) in [5, 5.41) is 4.51. The quantitative estimate of drug-likeness (QED) is 0.307. The van der Waals surface area contributed by atoms with Crippen molar-refractivity contribution in [2.24, 2.45) is 7.05 Å². The number of fused-ring (bicyclic) bond motifs is 1. The van der Waals surface area contributed by atoms with Crippen molar-refractivity contribution in [3.63, 3.8) is 0 Å². The van der Waals surface area contributed by atoms with Gasteiger partial charge in [-0.1, -0.05) is 0 Å². The molecule has 1 atom stereocenters. The number of hydrogen-bond donors (Lipinski definition) is 0. The van der Waals surface area contributed by atoms with E-state index >= 15 is 13.2 Å². The summed E-state index contributed by atoms with van der Waals surface area (Å²) in [6.45, 7) is 5.31. The molecule has 7 rings (SSSR count). The van der Waals surface area contributed by atoms with Gasteiger partial charge in [0.1, 0.15) is 11.6 Å². The van der Waals surface area contributed by atoms with E-state index in [9.17, 15) is 14.0 Å². The molecule has 0 bridgehead atoms. The average Bonchev–Trinajstić information content (AvgIpc) is 3.65. The molecule has 5 heterocycles. The van der Waals surface area contributed by atoms with Gasteiger partial charge in [-0.25, -0.2) is 9.18 Å². The van der Waals surface area contributed by atoms with Crippen LogP contribution >= 0.6 is 11.8 Å². The van der Waals surface area contributed by atoms with Crippen LogP contribution < -0.4 is 10.6 Å². The lowest BCUT2D eigenvalue weighted by molar-refractivity contribution is -0.137. The molecule has 0 spiro atoms. The third kappa shape index (κ3) is 4.73. The van der Waals surface area contributed by atoms with Crippen molar-refractivity contribution in [3.8, 4) is 11.1 Å². The maximum atomic E-state index is 15.1. The number of benzene rings is 2. The number of likely N-dealkylation sites (tertiary alicyclic amines) is 1. The lowest BCUT2D eigenvalue weighted by Crippen LogP contribution is -2.49. The number of aryl methyl sites for hydroxylation is 1. The highest BCUT2D eigenvalue weighted by molar-refractivity contribution is 7.99. The first-order chi connectivity index (χ1) is 21.0. The first-order valence-electron chi connectivity index (χ1n) is 14.7. The maximum absolute atomic E-state index is 15.1. The molecule has 9 nitrogen and oxygen atoms in total. The van der Waals surface area contributed by atoms with Gasteiger partial charge in [0, 0.05) is 73.9 Å². The number of nitrogens with zero attached hydrogens (tertiary/aromatic N) is 7. The topological polar surface area (TPSA) is 79.5 Å². The van der Waals surface area contributed by atoms with Gasteiger partial charge >= 0.3 is 11.9 Å². The molecule has 0 N–H and O–H groups in total. The van der Waals surface area contributed by atoms with E-state index in [0.717, 1.165) is 32.0 Å². The Morgan fingerprint density at radius 3 is 2.45 bits per heavy atom. The standard InChI is InChI=1S/C30H31F4N7O2S/c1-17(42)39-9-11-40(12-10-39)28-20-13-22(30(32,33)34)24(19-5-6-23(31)21-14-35-37(2)25(19)21)27-26(20)41(29(43)36-28)18(16-44-27)15-38-7-3-4-8-38/h5-6,13-14,18H,3-4,7-12,15-16H2,1-2H3. The second-order valence-corrected chi connectivity index (χ2v) is 12.7. The molecule has 14 heteroatoms. The fourth-order valence-electron chi connectivity index (χ4n) is 6.91. The van der Waals surface area contributed by atoms with E-state index in [1.54, 1.807) is 21.4 Å². The molecule has 0 aliphatic carbocycles. The number of thioether (sulfide) groups is 1. The summed E-state index contributed by atoms with van der Waals surface area (Å²) < 4.78 is 63.0. The first kappa shape index (κ1) is 29.1. The van der Waals surface area contributed by atoms with Crippen LogP contribution in [0.1, 0.15) is 31.4 Å². The molecule has 2 aromatic heterocycles. The number of aromatic nitrogens is 4. The molecule has 1 unspecified atom stereocenters. The molecule has 2 fully saturated rings. The number of halogens is 4. The summed E-state index contributed by atoms with van der Waals surface area (Å²) in [4.78, 5) is 36.4. The van der Waals surface area contributed by atoms with Crippen molar-refractivity contribution >= 4 is 45.3 Å². The number of piperazine rings is 1. The van der Waals surface area contributed by atoms with Crippen molar-refractivity contribution in [3.05, 3.63) is 46.3 Å². The number of alkyl halides is 3. The van der Waals surface area contributed by atoms with E-state index in [2.05, 4.69) is 15.0 Å². The minimum absolute atomic E-state index is 0.0829. The predicted octanol–water partition coefficient (Wildman–Crippen LogP) is 4.52. The van der Waals surface area contributed by atoms with Gasteiger partial charge in [0.2, 0.25) is 5.91 Å². The number of hydrogen-bond acceptors (Lipinski definition) is 7. The third-order valence-corrected chi connectivity index (χ3v) is 10.3. The monoisotopic (exact) mass is 629 g/mol. The van der Waals surface area contributed by atoms with E-state index in [0.29, 0.717) is 48.9 Å². The number of amides is 1. The fraction of sp³-hybridized carbons (Fsp3) is 0.467. The maximum Gasteiger partial charge on any atom is 0.417 e. The molecule has 0 radical (unpaired) electrons. The van der Waals surface area contributed by atoms with Crippen molar-refractivity contribution in [2.45, 2.75) is 36.9 Å². The second-order valence-electron chi connectivity index (χ2n) is 11.7. The van der Waals surface area contributed by atoms with E-state index < -0.39 is 23.2 Å². The van der Waals surface area contributed by atoms with E-state index in [4.69, 9.17) is 0 Å². The lowest BCUT2D eigenvalue weighted by atomic mass is 9.94. The normalized spacial score (nSPS) is 19.5. The van der Waals surface area contributed by atoms with Crippen LogP contribution in [-0.4, -0.2) is 86.6 Å². The Hall–Kier alpha value is -3.65. The Labute approximate surface area is 254 Å². The SMILES string of the molecule is CC(=O)N1CCN(c2nc(=O)n3c4c(c(-c5ccc(F)c6cnn(C)c56)c(C(F)(F)F)cc24)SCC3CN2CCCC2)CC1. The van der Waals surface area contributed by atoms with Crippen LogP contribution in [0.4, 0.5) is 23.4 Å². The van der Waals surface area contributed by atoms with Crippen LogP contribution in [-0.2, 0) is 18.0 Å². The van der Waals surface area contributed by atoms with Crippen LogP contribution in [0.25, 0.3) is 32.9 Å². The van der Waals surface area contributed by atoms with Gasteiger partial charge in [0.15, 0.2) is 0 Å². The molecule has 2 aromatic carbocycles. The second kappa shape index (κ2) is 10.8. The molecule has 2 saturated heterocycles. The molecule has 4 aromatic rings.